The summed E-state index contributed by atoms with van der Waals surface area (Å²) in [6.45, 7) is 1.75. The molecule has 0 saturated heterocycles. The maximum Gasteiger partial charge on any atom is 0.178 e. The third-order valence-electron chi connectivity index (χ3n) is 2.73. The van der Waals surface area contributed by atoms with Crippen molar-refractivity contribution in [1.82, 2.24) is 9.78 Å². The van der Waals surface area contributed by atoms with Crippen molar-refractivity contribution in [1.29, 1.82) is 0 Å². The van der Waals surface area contributed by atoms with Crippen molar-refractivity contribution in [2.24, 2.45) is 5.73 Å². The van der Waals surface area contributed by atoms with Crippen LogP contribution in [0.4, 0.5) is 4.39 Å². The molecule has 0 bridgehead atoms. The van der Waals surface area contributed by atoms with Crippen LogP contribution < -0.4 is 5.73 Å². The van der Waals surface area contributed by atoms with Gasteiger partial charge in [-0.2, -0.15) is 5.10 Å². The highest BCUT2D eigenvalue weighted by atomic mass is 32.2. The summed E-state index contributed by atoms with van der Waals surface area (Å²) in [5, 5.41) is 3.85. The molecule has 0 saturated carbocycles. The molecule has 1 atom stereocenters. The number of nitrogens with zero attached hydrogens (tertiary/aromatic N) is 2. The van der Waals surface area contributed by atoms with Gasteiger partial charge in [0.1, 0.15) is 16.4 Å². The molecule has 0 amide bonds. The topological polar surface area (TPSA) is 78.0 Å². The minimum Gasteiger partial charge on any atom is -0.324 e. The van der Waals surface area contributed by atoms with Crippen molar-refractivity contribution in [3.8, 4) is 5.69 Å². The van der Waals surface area contributed by atoms with E-state index in [1.54, 1.807) is 13.0 Å². The standard InChI is InChI=1S/C12H14FN3O2S/c1-8(14)9-3-4-12(11(13)5-9)16-7-10(6-15-16)19(2,17)18/h3-8H,14H2,1-2H3. The lowest BCUT2D eigenvalue weighted by Gasteiger charge is -2.08. The third-order valence-corrected chi connectivity index (χ3v) is 3.80. The zero-order chi connectivity index (χ0) is 14.2. The predicted octanol–water partition coefficient (Wildman–Crippen LogP) is 1.43. The fourth-order valence-corrected chi connectivity index (χ4v) is 2.15. The molecule has 0 spiro atoms. The minimum absolute atomic E-state index is 0.0446. The third kappa shape index (κ3) is 2.82. The van der Waals surface area contributed by atoms with E-state index < -0.39 is 15.7 Å². The molecule has 1 aromatic carbocycles. The number of benzene rings is 1. The summed E-state index contributed by atoms with van der Waals surface area (Å²) in [5.41, 5.74) is 6.51. The molecule has 1 aromatic heterocycles. The molecule has 2 rings (SSSR count). The summed E-state index contributed by atoms with van der Waals surface area (Å²) >= 11 is 0. The first-order valence-corrected chi connectivity index (χ1v) is 7.48. The first-order chi connectivity index (χ1) is 8.79. The van der Waals surface area contributed by atoms with Crippen LogP contribution in [0.2, 0.25) is 0 Å². The fraction of sp³-hybridized carbons (Fsp3) is 0.250. The summed E-state index contributed by atoms with van der Waals surface area (Å²) in [6, 6.07) is 4.26. The highest BCUT2D eigenvalue weighted by molar-refractivity contribution is 7.90. The highest BCUT2D eigenvalue weighted by Crippen LogP contribution is 2.19. The second-order valence-electron chi connectivity index (χ2n) is 4.39. The number of sulfone groups is 1. The molecule has 1 unspecified atom stereocenters. The number of rotatable bonds is 3. The van der Waals surface area contributed by atoms with E-state index >= 15 is 0 Å². The molecule has 0 fully saturated rings. The smallest absolute Gasteiger partial charge is 0.178 e. The molecular formula is C12H14FN3O2S. The molecule has 0 aliphatic heterocycles. The van der Waals surface area contributed by atoms with Crippen LogP contribution in [0.15, 0.2) is 35.5 Å². The lowest BCUT2D eigenvalue weighted by molar-refractivity contribution is 0.600. The Kier molecular flexibility index (Phi) is 3.42. The van der Waals surface area contributed by atoms with Crippen LogP contribution in [0.1, 0.15) is 18.5 Å². The van der Waals surface area contributed by atoms with E-state index in [0.717, 1.165) is 6.26 Å². The van der Waals surface area contributed by atoms with Crippen molar-refractivity contribution in [2.75, 3.05) is 6.26 Å². The minimum atomic E-state index is -3.35. The van der Waals surface area contributed by atoms with Gasteiger partial charge in [0.15, 0.2) is 9.84 Å². The normalized spacial score (nSPS) is 13.5. The van der Waals surface area contributed by atoms with Gasteiger partial charge in [-0.25, -0.2) is 17.5 Å². The largest absolute Gasteiger partial charge is 0.324 e. The summed E-state index contributed by atoms with van der Waals surface area (Å²) in [5.74, 6) is -0.502. The fourth-order valence-electron chi connectivity index (χ4n) is 1.62. The van der Waals surface area contributed by atoms with Gasteiger partial charge in [0.2, 0.25) is 0 Å². The Hall–Kier alpha value is -1.73. The summed E-state index contributed by atoms with van der Waals surface area (Å²) in [4.78, 5) is 0.0446. The van der Waals surface area contributed by atoms with Crippen LogP contribution in [0.25, 0.3) is 5.69 Å². The van der Waals surface area contributed by atoms with Gasteiger partial charge in [-0.15, -0.1) is 0 Å². The molecule has 0 radical (unpaired) electrons. The van der Waals surface area contributed by atoms with E-state index in [1.165, 1.54) is 29.2 Å². The van der Waals surface area contributed by atoms with Gasteiger partial charge in [-0.1, -0.05) is 6.07 Å². The van der Waals surface area contributed by atoms with Crippen molar-refractivity contribution < 1.29 is 12.8 Å². The molecule has 0 aliphatic carbocycles. The van der Waals surface area contributed by atoms with Gasteiger partial charge in [0.25, 0.3) is 0 Å². The Morgan fingerprint density at radius 3 is 2.58 bits per heavy atom. The van der Waals surface area contributed by atoms with Gasteiger partial charge < -0.3 is 5.73 Å². The van der Waals surface area contributed by atoms with Gasteiger partial charge in [-0.05, 0) is 24.6 Å². The van der Waals surface area contributed by atoms with Crippen LogP contribution in [-0.2, 0) is 9.84 Å². The van der Waals surface area contributed by atoms with E-state index in [9.17, 15) is 12.8 Å². The van der Waals surface area contributed by atoms with E-state index in [-0.39, 0.29) is 16.6 Å². The Bertz CT molecular complexity index is 708. The van der Waals surface area contributed by atoms with Gasteiger partial charge in [-0.3, -0.25) is 0 Å². The maximum atomic E-state index is 13.9. The number of halogens is 1. The van der Waals surface area contributed by atoms with E-state index in [2.05, 4.69) is 5.10 Å². The molecule has 1 heterocycles. The number of nitrogens with two attached hydrogens (primary N) is 1. The summed E-state index contributed by atoms with van der Waals surface area (Å²) in [7, 11) is -3.35. The average Bonchev–Trinajstić information content (AvgIpc) is 2.77. The summed E-state index contributed by atoms with van der Waals surface area (Å²) < 4.78 is 37.8. The van der Waals surface area contributed by atoms with Crippen molar-refractivity contribution >= 4 is 9.84 Å². The zero-order valence-corrected chi connectivity index (χ0v) is 11.4. The van der Waals surface area contributed by atoms with Crippen LogP contribution in [0.5, 0.6) is 0 Å². The molecule has 102 valence electrons. The number of hydrogen-bond acceptors (Lipinski definition) is 4. The maximum absolute atomic E-state index is 13.9. The monoisotopic (exact) mass is 283 g/mol. The Balaban J connectivity index is 2.45. The molecule has 7 heteroatoms. The molecular weight excluding hydrogens is 269 g/mol. The van der Waals surface area contributed by atoms with Gasteiger partial charge in [0.05, 0.1) is 6.20 Å². The van der Waals surface area contributed by atoms with Crippen LogP contribution in [0.3, 0.4) is 0 Å². The Morgan fingerprint density at radius 1 is 1.42 bits per heavy atom. The second-order valence-corrected chi connectivity index (χ2v) is 6.41. The summed E-state index contributed by atoms with van der Waals surface area (Å²) in [6.07, 6.45) is 3.54. The lowest BCUT2D eigenvalue weighted by atomic mass is 10.1. The number of aromatic nitrogens is 2. The molecule has 5 nitrogen and oxygen atoms in total. The quantitative estimate of drug-likeness (QED) is 0.924. The van der Waals surface area contributed by atoms with Crippen molar-refractivity contribution in [3.05, 3.63) is 42.0 Å². The van der Waals surface area contributed by atoms with Gasteiger partial charge in [0, 0.05) is 18.5 Å². The first-order valence-electron chi connectivity index (χ1n) is 5.59. The molecule has 0 aliphatic rings. The highest BCUT2D eigenvalue weighted by Gasteiger charge is 2.13. The van der Waals surface area contributed by atoms with Crippen LogP contribution >= 0.6 is 0 Å². The van der Waals surface area contributed by atoms with Crippen LogP contribution in [-0.4, -0.2) is 24.5 Å². The van der Waals surface area contributed by atoms with E-state index in [1.807, 2.05) is 0 Å². The molecule has 2 N–H and O–H groups in total. The van der Waals surface area contributed by atoms with E-state index in [4.69, 9.17) is 5.73 Å². The molecule has 19 heavy (non-hydrogen) atoms. The lowest BCUT2D eigenvalue weighted by Crippen LogP contribution is -2.07. The second kappa shape index (κ2) is 4.75. The van der Waals surface area contributed by atoms with Gasteiger partial charge >= 0.3 is 0 Å². The van der Waals surface area contributed by atoms with Crippen LogP contribution in [0, 0.1) is 5.82 Å². The predicted molar refractivity (Wildman–Crippen MR) is 69.2 cm³/mol. The van der Waals surface area contributed by atoms with Crippen molar-refractivity contribution in [3.63, 3.8) is 0 Å². The Morgan fingerprint density at radius 2 is 2.11 bits per heavy atom. The average molecular weight is 283 g/mol. The molecule has 2 aromatic rings. The zero-order valence-electron chi connectivity index (χ0n) is 10.5. The first kappa shape index (κ1) is 13.7. The van der Waals surface area contributed by atoms with E-state index in [0.29, 0.717) is 5.56 Å². The Labute approximate surface area is 110 Å². The SMILES string of the molecule is CC(N)c1ccc(-n2cc(S(C)(=O)=O)cn2)c(F)c1. The van der Waals surface area contributed by atoms with Crippen molar-refractivity contribution in [2.45, 2.75) is 17.9 Å². The number of hydrogen-bond donors (Lipinski definition) is 1.